The zero-order valence-electron chi connectivity index (χ0n) is 11.7. The first kappa shape index (κ1) is 15.4. The maximum Gasteiger partial charge on any atom is 0.224 e. The van der Waals surface area contributed by atoms with Crippen LogP contribution >= 0.6 is 15.9 Å². The van der Waals surface area contributed by atoms with Gasteiger partial charge in [-0.1, -0.05) is 30.3 Å². The smallest absolute Gasteiger partial charge is 0.224 e. The number of hydrogen-bond acceptors (Lipinski definition) is 3. The SMILES string of the molecule is CNC(=O)Cc1ccccc1NCc1cccc(Br)c1O. The van der Waals surface area contributed by atoms with E-state index in [1.54, 1.807) is 13.1 Å². The number of aromatic hydroxyl groups is 1. The predicted molar refractivity (Wildman–Crippen MR) is 87.3 cm³/mol. The number of hydrogen-bond donors (Lipinski definition) is 3. The first-order valence-electron chi connectivity index (χ1n) is 6.60. The van der Waals surface area contributed by atoms with Crippen LogP contribution in [0.2, 0.25) is 0 Å². The summed E-state index contributed by atoms with van der Waals surface area (Å²) in [7, 11) is 1.62. The van der Waals surface area contributed by atoms with Crippen LogP contribution in [0.25, 0.3) is 0 Å². The minimum absolute atomic E-state index is 0.0328. The zero-order valence-corrected chi connectivity index (χ0v) is 13.3. The van der Waals surface area contributed by atoms with E-state index < -0.39 is 0 Å². The summed E-state index contributed by atoms with van der Waals surface area (Å²) < 4.78 is 0.667. The molecule has 0 atom stereocenters. The van der Waals surface area contributed by atoms with Crippen LogP contribution in [0.4, 0.5) is 5.69 Å². The molecule has 0 radical (unpaired) electrons. The van der Waals surface area contributed by atoms with Crippen LogP contribution < -0.4 is 10.6 Å². The van der Waals surface area contributed by atoms with Gasteiger partial charge in [-0.05, 0) is 33.6 Å². The molecule has 4 nitrogen and oxygen atoms in total. The van der Waals surface area contributed by atoms with E-state index in [0.29, 0.717) is 17.4 Å². The molecule has 0 saturated carbocycles. The molecule has 0 aliphatic carbocycles. The third kappa shape index (κ3) is 3.98. The van der Waals surface area contributed by atoms with Crippen LogP contribution in [0.3, 0.4) is 0 Å². The van der Waals surface area contributed by atoms with Gasteiger partial charge in [-0.25, -0.2) is 0 Å². The maximum absolute atomic E-state index is 11.5. The molecule has 0 spiro atoms. The molecule has 0 saturated heterocycles. The molecule has 2 rings (SSSR count). The van der Waals surface area contributed by atoms with E-state index in [4.69, 9.17) is 0 Å². The van der Waals surface area contributed by atoms with Gasteiger partial charge in [0.05, 0.1) is 10.9 Å². The second-order valence-corrected chi connectivity index (χ2v) is 5.46. The molecule has 1 amide bonds. The Bertz CT molecular complexity index is 644. The second kappa shape index (κ2) is 7.13. The minimum Gasteiger partial charge on any atom is -0.506 e. The number of benzene rings is 2. The molecule has 21 heavy (non-hydrogen) atoms. The van der Waals surface area contributed by atoms with Gasteiger partial charge in [0.2, 0.25) is 5.91 Å². The highest BCUT2D eigenvalue weighted by atomic mass is 79.9. The minimum atomic E-state index is -0.0328. The van der Waals surface area contributed by atoms with Crippen molar-refractivity contribution in [1.82, 2.24) is 5.32 Å². The van der Waals surface area contributed by atoms with Gasteiger partial charge in [-0.2, -0.15) is 0 Å². The molecular formula is C16H17BrN2O2. The van der Waals surface area contributed by atoms with Gasteiger partial charge < -0.3 is 15.7 Å². The average molecular weight is 349 g/mol. The van der Waals surface area contributed by atoms with Gasteiger partial charge in [0.1, 0.15) is 5.75 Å². The lowest BCUT2D eigenvalue weighted by molar-refractivity contribution is -0.119. The fourth-order valence-corrected chi connectivity index (χ4v) is 2.41. The lowest BCUT2D eigenvalue weighted by Crippen LogP contribution is -2.20. The number of carbonyl (C=O) groups excluding carboxylic acids is 1. The van der Waals surface area contributed by atoms with E-state index in [-0.39, 0.29) is 11.7 Å². The fraction of sp³-hybridized carbons (Fsp3) is 0.188. The summed E-state index contributed by atoms with van der Waals surface area (Å²) in [5, 5.41) is 15.9. The van der Waals surface area contributed by atoms with Crippen LogP contribution in [-0.2, 0) is 17.8 Å². The summed E-state index contributed by atoms with van der Waals surface area (Å²) in [5.74, 6) is 0.198. The number of carbonyl (C=O) groups is 1. The summed E-state index contributed by atoms with van der Waals surface area (Å²) in [4.78, 5) is 11.5. The molecular weight excluding hydrogens is 332 g/mol. The standard InChI is InChI=1S/C16H17BrN2O2/c1-18-15(20)9-11-5-2-3-8-14(11)19-10-12-6-4-7-13(17)16(12)21/h2-8,19,21H,9-10H2,1H3,(H,18,20). The van der Waals surface area contributed by atoms with Crippen LogP contribution in [0, 0.1) is 0 Å². The van der Waals surface area contributed by atoms with Crippen LogP contribution in [0.1, 0.15) is 11.1 Å². The summed E-state index contributed by atoms with van der Waals surface area (Å²) in [5.41, 5.74) is 2.60. The predicted octanol–water partition coefficient (Wildman–Crippen LogP) is 3.06. The molecule has 110 valence electrons. The molecule has 3 N–H and O–H groups in total. The van der Waals surface area contributed by atoms with Crippen molar-refractivity contribution in [3.8, 4) is 5.75 Å². The highest BCUT2D eigenvalue weighted by Crippen LogP contribution is 2.28. The van der Waals surface area contributed by atoms with Gasteiger partial charge >= 0.3 is 0 Å². The lowest BCUT2D eigenvalue weighted by Gasteiger charge is -2.13. The molecule has 5 heteroatoms. The van der Waals surface area contributed by atoms with Gasteiger partial charge in [-0.15, -0.1) is 0 Å². The molecule has 0 heterocycles. The van der Waals surface area contributed by atoms with Crippen molar-refractivity contribution in [1.29, 1.82) is 0 Å². The largest absolute Gasteiger partial charge is 0.506 e. The van der Waals surface area contributed by atoms with E-state index in [9.17, 15) is 9.90 Å². The quantitative estimate of drug-likeness (QED) is 0.778. The lowest BCUT2D eigenvalue weighted by atomic mass is 10.1. The molecule has 2 aromatic rings. The van der Waals surface area contributed by atoms with E-state index >= 15 is 0 Å². The summed E-state index contributed by atoms with van der Waals surface area (Å²) in [6, 6.07) is 13.2. The van der Waals surface area contributed by atoms with Crippen molar-refractivity contribution in [3.05, 3.63) is 58.1 Å². The Hall–Kier alpha value is -2.01. The molecule has 0 aromatic heterocycles. The van der Waals surface area contributed by atoms with Gasteiger partial charge in [-0.3, -0.25) is 4.79 Å². The topological polar surface area (TPSA) is 61.4 Å². The van der Waals surface area contributed by atoms with Crippen molar-refractivity contribution in [2.75, 3.05) is 12.4 Å². The first-order chi connectivity index (χ1) is 10.1. The Kier molecular flexibility index (Phi) is 5.22. The van der Waals surface area contributed by atoms with Gasteiger partial charge in [0.15, 0.2) is 0 Å². The third-order valence-electron chi connectivity index (χ3n) is 3.19. The summed E-state index contributed by atoms with van der Waals surface area (Å²) in [6.07, 6.45) is 0.324. The number of halogens is 1. The highest BCUT2D eigenvalue weighted by molar-refractivity contribution is 9.10. The van der Waals surface area contributed by atoms with E-state index in [2.05, 4.69) is 26.6 Å². The van der Waals surface area contributed by atoms with Crippen molar-refractivity contribution in [3.63, 3.8) is 0 Å². The summed E-state index contributed by atoms with van der Waals surface area (Å²) in [6.45, 7) is 0.482. The van der Waals surface area contributed by atoms with Crippen molar-refractivity contribution >= 4 is 27.5 Å². The third-order valence-corrected chi connectivity index (χ3v) is 3.83. The molecule has 0 unspecified atom stereocenters. The number of para-hydroxylation sites is 2. The molecule has 0 bridgehead atoms. The summed E-state index contributed by atoms with van der Waals surface area (Å²) >= 11 is 3.30. The van der Waals surface area contributed by atoms with Gasteiger partial charge in [0.25, 0.3) is 0 Å². The van der Waals surface area contributed by atoms with E-state index in [0.717, 1.165) is 16.8 Å². The number of phenolic OH excluding ortho intramolecular Hbond substituents is 1. The normalized spacial score (nSPS) is 10.2. The van der Waals surface area contributed by atoms with Crippen LogP contribution in [0.5, 0.6) is 5.75 Å². The first-order valence-corrected chi connectivity index (χ1v) is 7.40. The number of anilines is 1. The fourth-order valence-electron chi connectivity index (χ4n) is 2.00. The van der Waals surface area contributed by atoms with Crippen molar-refractivity contribution in [2.45, 2.75) is 13.0 Å². The zero-order chi connectivity index (χ0) is 15.2. The Balaban J connectivity index is 2.13. The van der Waals surface area contributed by atoms with Crippen molar-refractivity contribution < 1.29 is 9.90 Å². The second-order valence-electron chi connectivity index (χ2n) is 4.61. The number of rotatable bonds is 5. The molecule has 0 aliphatic rings. The van der Waals surface area contributed by atoms with E-state index in [1.807, 2.05) is 36.4 Å². The number of phenols is 1. The Labute approximate surface area is 132 Å². The molecule has 0 aliphatic heterocycles. The van der Waals surface area contributed by atoms with Crippen molar-refractivity contribution in [2.24, 2.45) is 0 Å². The Morgan fingerprint density at radius 3 is 2.62 bits per heavy atom. The Morgan fingerprint density at radius 1 is 1.14 bits per heavy atom. The molecule has 0 fully saturated rings. The van der Waals surface area contributed by atoms with E-state index in [1.165, 1.54) is 0 Å². The van der Waals surface area contributed by atoms with Crippen LogP contribution in [-0.4, -0.2) is 18.1 Å². The number of nitrogens with one attached hydrogen (secondary N) is 2. The Morgan fingerprint density at radius 2 is 1.86 bits per heavy atom. The van der Waals surface area contributed by atoms with Gasteiger partial charge in [0, 0.05) is 24.8 Å². The average Bonchev–Trinajstić information content (AvgIpc) is 2.50. The van der Waals surface area contributed by atoms with Crippen LogP contribution in [0.15, 0.2) is 46.9 Å². The molecule has 2 aromatic carbocycles. The monoisotopic (exact) mass is 348 g/mol. The number of amides is 1. The highest BCUT2D eigenvalue weighted by Gasteiger charge is 2.08. The maximum atomic E-state index is 11.5. The number of likely N-dealkylation sites (N-methyl/N-ethyl adjacent to an activating group) is 1.